The molecule has 2 rings (SSSR count). The van der Waals surface area contributed by atoms with Gasteiger partial charge in [-0.25, -0.2) is 8.78 Å². The number of nitrogens with one attached hydrogen (secondary N) is 2. The smallest absolute Gasteiger partial charge is 0.238 e. The molecule has 2 N–H and O–H groups in total. The van der Waals surface area contributed by atoms with E-state index in [0.717, 1.165) is 50.6 Å². The van der Waals surface area contributed by atoms with Gasteiger partial charge in [-0.2, -0.15) is 0 Å². The second-order valence-corrected chi connectivity index (χ2v) is 5.42. The molecular formula is C15H21F2N3O. The minimum atomic E-state index is -0.633. The molecule has 1 aromatic rings. The molecule has 1 saturated heterocycles. The van der Waals surface area contributed by atoms with Crippen LogP contribution in [0.1, 0.15) is 19.3 Å². The van der Waals surface area contributed by atoms with Crippen LogP contribution in [0.3, 0.4) is 0 Å². The van der Waals surface area contributed by atoms with Gasteiger partial charge in [0, 0.05) is 12.1 Å². The summed E-state index contributed by atoms with van der Waals surface area (Å²) in [6.45, 7) is 2.11. The fraction of sp³-hybridized carbons (Fsp3) is 0.533. The van der Waals surface area contributed by atoms with E-state index in [2.05, 4.69) is 10.6 Å². The normalized spacial score (nSPS) is 19.3. The molecule has 1 fully saturated rings. The van der Waals surface area contributed by atoms with Crippen molar-refractivity contribution in [3.63, 3.8) is 0 Å². The van der Waals surface area contributed by atoms with Crippen molar-refractivity contribution >= 4 is 11.6 Å². The Morgan fingerprint density at radius 2 is 2.19 bits per heavy atom. The van der Waals surface area contributed by atoms with Crippen molar-refractivity contribution in [3.8, 4) is 0 Å². The number of amides is 1. The lowest BCUT2D eigenvalue weighted by Crippen LogP contribution is -2.38. The Morgan fingerprint density at radius 3 is 3.00 bits per heavy atom. The second kappa shape index (κ2) is 7.47. The van der Waals surface area contributed by atoms with Crippen LogP contribution in [0, 0.1) is 11.6 Å². The number of anilines is 1. The van der Waals surface area contributed by atoms with E-state index in [0.29, 0.717) is 6.04 Å². The Labute approximate surface area is 123 Å². The lowest BCUT2D eigenvalue weighted by atomic mass is 10.1. The summed E-state index contributed by atoms with van der Waals surface area (Å²) in [5.74, 6) is -1.54. The molecule has 21 heavy (non-hydrogen) atoms. The van der Waals surface area contributed by atoms with Gasteiger partial charge in [0.05, 0.1) is 12.2 Å². The fourth-order valence-corrected chi connectivity index (χ4v) is 2.58. The maximum Gasteiger partial charge on any atom is 0.238 e. The van der Waals surface area contributed by atoms with Crippen molar-refractivity contribution in [2.45, 2.75) is 25.3 Å². The molecule has 1 unspecified atom stereocenters. The highest BCUT2D eigenvalue weighted by Crippen LogP contribution is 2.16. The van der Waals surface area contributed by atoms with Crippen LogP contribution >= 0.6 is 0 Å². The molecule has 0 spiro atoms. The summed E-state index contributed by atoms with van der Waals surface area (Å²) in [6.07, 6.45) is 3.10. The van der Waals surface area contributed by atoms with Crippen LogP contribution in [0.15, 0.2) is 18.2 Å². The van der Waals surface area contributed by atoms with Crippen molar-refractivity contribution in [3.05, 3.63) is 29.8 Å². The molecule has 116 valence electrons. The van der Waals surface area contributed by atoms with Gasteiger partial charge in [-0.05, 0) is 51.5 Å². The van der Waals surface area contributed by atoms with Gasteiger partial charge >= 0.3 is 0 Å². The first-order chi connectivity index (χ1) is 10.1. The molecule has 0 bridgehead atoms. The quantitative estimate of drug-likeness (QED) is 0.893. The van der Waals surface area contributed by atoms with Crippen molar-refractivity contribution in [2.75, 3.05) is 32.0 Å². The molecule has 6 heteroatoms. The Balaban J connectivity index is 1.89. The average Bonchev–Trinajstić information content (AvgIpc) is 2.72. The molecule has 0 aromatic heterocycles. The first-order valence-electron chi connectivity index (χ1n) is 7.22. The molecular weight excluding hydrogens is 276 g/mol. The number of hydrogen-bond acceptors (Lipinski definition) is 3. The summed E-state index contributed by atoms with van der Waals surface area (Å²) in [6, 6.07) is 3.35. The standard InChI is InChI=1S/C15H21F2N3O/c1-20(12-3-2-7-18-8-6-12)10-15(21)19-14-9-11(16)4-5-13(14)17/h4-5,9,12,18H,2-3,6-8,10H2,1H3,(H,19,21). The third kappa shape index (κ3) is 4.75. The van der Waals surface area contributed by atoms with Gasteiger partial charge in [-0.1, -0.05) is 0 Å². The zero-order chi connectivity index (χ0) is 15.2. The van der Waals surface area contributed by atoms with E-state index < -0.39 is 11.6 Å². The Hall–Kier alpha value is -1.53. The van der Waals surface area contributed by atoms with Gasteiger partial charge in [0.2, 0.25) is 5.91 Å². The minimum Gasteiger partial charge on any atom is -0.322 e. The van der Waals surface area contributed by atoms with E-state index in [1.54, 1.807) is 0 Å². The molecule has 1 atom stereocenters. The maximum atomic E-state index is 13.5. The summed E-state index contributed by atoms with van der Waals surface area (Å²) in [4.78, 5) is 13.9. The number of carbonyl (C=O) groups is 1. The van der Waals surface area contributed by atoms with Crippen LogP contribution in [-0.4, -0.2) is 43.5 Å². The molecule has 1 aliphatic rings. The molecule has 1 aliphatic heterocycles. The van der Waals surface area contributed by atoms with Crippen molar-refractivity contribution in [1.29, 1.82) is 0 Å². The third-order valence-corrected chi connectivity index (χ3v) is 3.76. The number of hydrogen-bond donors (Lipinski definition) is 2. The summed E-state index contributed by atoms with van der Waals surface area (Å²) < 4.78 is 26.5. The lowest BCUT2D eigenvalue weighted by molar-refractivity contribution is -0.117. The largest absolute Gasteiger partial charge is 0.322 e. The van der Waals surface area contributed by atoms with E-state index in [-0.39, 0.29) is 18.1 Å². The Bertz CT molecular complexity index is 488. The molecule has 0 aliphatic carbocycles. The topological polar surface area (TPSA) is 44.4 Å². The SMILES string of the molecule is CN(CC(=O)Nc1cc(F)ccc1F)C1CCCNCC1. The zero-order valence-corrected chi connectivity index (χ0v) is 12.2. The highest BCUT2D eigenvalue weighted by Gasteiger charge is 2.19. The first kappa shape index (κ1) is 15.9. The van der Waals surface area contributed by atoms with Crippen LogP contribution in [-0.2, 0) is 4.79 Å². The molecule has 0 radical (unpaired) electrons. The van der Waals surface area contributed by atoms with Crippen molar-refractivity contribution < 1.29 is 13.6 Å². The Morgan fingerprint density at radius 1 is 1.38 bits per heavy atom. The van der Waals surface area contributed by atoms with Crippen LogP contribution < -0.4 is 10.6 Å². The first-order valence-corrected chi connectivity index (χ1v) is 7.22. The number of benzene rings is 1. The summed E-state index contributed by atoms with van der Waals surface area (Å²) >= 11 is 0. The maximum absolute atomic E-state index is 13.5. The van der Waals surface area contributed by atoms with E-state index in [4.69, 9.17) is 0 Å². The van der Waals surface area contributed by atoms with E-state index in [9.17, 15) is 13.6 Å². The summed E-state index contributed by atoms with van der Waals surface area (Å²) in [5.41, 5.74) is -0.115. The second-order valence-electron chi connectivity index (χ2n) is 5.42. The van der Waals surface area contributed by atoms with E-state index in [1.165, 1.54) is 0 Å². The van der Waals surface area contributed by atoms with Crippen LogP contribution in [0.25, 0.3) is 0 Å². The van der Waals surface area contributed by atoms with Crippen LogP contribution in [0.2, 0.25) is 0 Å². The van der Waals surface area contributed by atoms with Gasteiger partial charge in [0.15, 0.2) is 0 Å². The number of rotatable bonds is 4. The van der Waals surface area contributed by atoms with Gasteiger partial charge in [0.25, 0.3) is 0 Å². The number of carbonyl (C=O) groups excluding carboxylic acids is 1. The van der Waals surface area contributed by atoms with Crippen LogP contribution in [0.4, 0.5) is 14.5 Å². The van der Waals surface area contributed by atoms with Gasteiger partial charge < -0.3 is 10.6 Å². The lowest BCUT2D eigenvalue weighted by Gasteiger charge is -2.26. The van der Waals surface area contributed by atoms with Gasteiger partial charge in [0.1, 0.15) is 11.6 Å². The van der Waals surface area contributed by atoms with Crippen molar-refractivity contribution in [1.82, 2.24) is 10.2 Å². The molecule has 0 saturated carbocycles. The number of nitrogens with zero attached hydrogens (tertiary/aromatic N) is 1. The molecule has 4 nitrogen and oxygen atoms in total. The Kier molecular flexibility index (Phi) is 5.64. The van der Waals surface area contributed by atoms with E-state index >= 15 is 0 Å². The molecule has 1 aromatic carbocycles. The van der Waals surface area contributed by atoms with Crippen molar-refractivity contribution in [2.24, 2.45) is 0 Å². The molecule has 1 amide bonds. The monoisotopic (exact) mass is 297 g/mol. The average molecular weight is 297 g/mol. The fourth-order valence-electron chi connectivity index (χ4n) is 2.58. The highest BCUT2D eigenvalue weighted by molar-refractivity contribution is 5.92. The highest BCUT2D eigenvalue weighted by atomic mass is 19.1. The predicted octanol–water partition coefficient (Wildman–Crippen LogP) is 1.98. The van der Waals surface area contributed by atoms with Gasteiger partial charge in [-0.15, -0.1) is 0 Å². The summed E-state index contributed by atoms with van der Waals surface area (Å²) in [5, 5.41) is 5.75. The van der Waals surface area contributed by atoms with Gasteiger partial charge in [-0.3, -0.25) is 9.69 Å². The van der Waals surface area contributed by atoms with Crippen LogP contribution in [0.5, 0.6) is 0 Å². The third-order valence-electron chi connectivity index (χ3n) is 3.76. The number of likely N-dealkylation sites (N-methyl/N-ethyl adjacent to an activating group) is 1. The van der Waals surface area contributed by atoms with E-state index in [1.807, 2.05) is 11.9 Å². The summed E-state index contributed by atoms with van der Waals surface area (Å²) in [7, 11) is 1.89. The molecule has 1 heterocycles. The zero-order valence-electron chi connectivity index (χ0n) is 12.2. The number of halogens is 2. The predicted molar refractivity (Wildman–Crippen MR) is 78.1 cm³/mol. The minimum absolute atomic E-state index is 0.115.